The molecule has 0 saturated carbocycles. The summed E-state index contributed by atoms with van der Waals surface area (Å²) < 4.78 is 1.44. The van der Waals surface area contributed by atoms with E-state index in [1.807, 2.05) is 11.3 Å². The summed E-state index contributed by atoms with van der Waals surface area (Å²) in [4.78, 5) is 3.87. The summed E-state index contributed by atoms with van der Waals surface area (Å²) in [6.45, 7) is 2.31. The average Bonchev–Trinajstić information content (AvgIpc) is 2.65. The number of halogens is 1. The fourth-order valence-corrected chi connectivity index (χ4v) is 4.52. The van der Waals surface area contributed by atoms with Crippen molar-refractivity contribution in [3.8, 4) is 0 Å². The van der Waals surface area contributed by atoms with Gasteiger partial charge < -0.3 is 10.2 Å². The molecule has 1 aromatic heterocycles. The maximum absolute atomic E-state index is 3.72. The standard InChI is InChI=1S/C13H21IN2S/c1-16(2)8-4-7-15-11-5-3-6-12-10(11)9-13(14)17-12/h9,11,15H,3-8H2,1-2H3. The van der Waals surface area contributed by atoms with Gasteiger partial charge in [-0.1, -0.05) is 0 Å². The number of aryl methyl sites for hydroxylation is 1. The van der Waals surface area contributed by atoms with Crippen molar-refractivity contribution in [3.05, 3.63) is 19.4 Å². The Labute approximate surface area is 122 Å². The zero-order valence-electron chi connectivity index (χ0n) is 10.6. The average molecular weight is 364 g/mol. The third-order valence-corrected chi connectivity index (χ3v) is 5.23. The number of nitrogens with one attached hydrogen (secondary N) is 1. The molecule has 0 radical (unpaired) electrons. The highest BCUT2D eigenvalue weighted by molar-refractivity contribution is 14.1. The van der Waals surface area contributed by atoms with Crippen LogP contribution in [-0.2, 0) is 6.42 Å². The van der Waals surface area contributed by atoms with E-state index in [1.165, 1.54) is 35.1 Å². The molecule has 1 aromatic rings. The molecule has 0 saturated heterocycles. The summed E-state index contributed by atoms with van der Waals surface area (Å²) in [5, 5.41) is 3.72. The maximum Gasteiger partial charge on any atom is 0.0659 e. The van der Waals surface area contributed by atoms with Crippen LogP contribution in [0.5, 0.6) is 0 Å². The minimum absolute atomic E-state index is 0.612. The van der Waals surface area contributed by atoms with Gasteiger partial charge in [-0.3, -0.25) is 0 Å². The van der Waals surface area contributed by atoms with Gasteiger partial charge in [-0.25, -0.2) is 0 Å². The van der Waals surface area contributed by atoms with E-state index in [0.717, 1.165) is 6.54 Å². The van der Waals surface area contributed by atoms with E-state index in [1.54, 1.807) is 10.4 Å². The minimum atomic E-state index is 0.612. The Hall–Kier alpha value is 0.350. The van der Waals surface area contributed by atoms with Crippen LogP contribution in [0.15, 0.2) is 6.07 Å². The van der Waals surface area contributed by atoms with Gasteiger partial charge in [-0.15, -0.1) is 11.3 Å². The van der Waals surface area contributed by atoms with E-state index >= 15 is 0 Å². The lowest BCUT2D eigenvalue weighted by Gasteiger charge is -2.24. The molecule has 1 aliphatic carbocycles. The van der Waals surface area contributed by atoms with Gasteiger partial charge in [0.1, 0.15) is 0 Å². The molecule has 0 spiro atoms. The first-order valence-electron chi connectivity index (χ1n) is 6.33. The Balaban J connectivity index is 1.86. The number of rotatable bonds is 5. The van der Waals surface area contributed by atoms with Crippen LogP contribution < -0.4 is 5.32 Å². The largest absolute Gasteiger partial charge is 0.310 e. The fraction of sp³-hybridized carbons (Fsp3) is 0.692. The van der Waals surface area contributed by atoms with Crippen molar-refractivity contribution in [2.45, 2.75) is 31.7 Å². The zero-order chi connectivity index (χ0) is 12.3. The molecule has 96 valence electrons. The Morgan fingerprint density at radius 3 is 3.12 bits per heavy atom. The highest BCUT2D eigenvalue weighted by Gasteiger charge is 2.21. The Morgan fingerprint density at radius 2 is 2.35 bits per heavy atom. The molecule has 0 aliphatic heterocycles. The molecule has 1 unspecified atom stereocenters. The molecule has 0 amide bonds. The third kappa shape index (κ3) is 3.91. The molecule has 1 atom stereocenters. The number of thiophene rings is 1. The minimum Gasteiger partial charge on any atom is -0.310 e. The lowest BCUT2D eigenvalue weighted by atomic mass is 9.94. The summed E-state index contributed by atoms with van der Waals surface area (Å²) in [6.07, 6.45) is 5.18. The van der Waals surface area contributed by atoms with Crippen molar-refractivity contribution in [2.75, 3.05) is 27.2 Å². The molecule has 2 nitrogen and oxygen atoms in total. The van der Waals surface area contributed by atoms with Crippen LogP contribution in [0.25, 0.3) is 0 Å². The summed E-state index contributed by atoms with van der Waals surface area (Å²) in [6, 6.07) is 2.99. The summed E-state index contributed by atoms with van der Waals surface area (Å²) in [7, 11) is 4.28. The lowest BCUT2D eigenvalue weighted by molar-refractivity contribution is 0.379. The van der Waals surface area contributed by atoms with E-state index in [9.17, 15) is 0 Å². The van der Waals surface area contributed by atoms with Crippen LogP contribution in [0.2, 0.25) is 0 Å². The van der Waals surface area contributed by atoms with E-state index < -0.39 is 0 Å². The quantitative estimate of drug-likeness (QED) is 0.637. The first-order valence-corrected chi connectivity index (χ1v) is 8.22. The fourth-order valence-electron chi connectivity index (χ4n) is 2.40. The van der Waals surface area contributed by atoms with Crippen molar-refractivity contribution in [1.82, 2.24) is 10.2 Å². The van der Waals surface area contributed by atoms with E-state index in [2.05, 4.69) is 53.0 Å². The van der Waals surface area contributed by atoms with Crippen LogP contribution in [0.3, 0.4) is 0 Å². The summed E-state index contributed by atoms with van der Waals surface area (Å²) >= 11 is 4.43. The smallest absolute Gasteiger partial charge is 0.0659 e. The zero-order valence-corrected chi connectivity index (χ0v) is 13.6. The molecular formula is C13H21IN2S. The number of fused-ring (bicyclic) bond motifs is 1. The molecular weight excluding hydrogens is 343 g/mol. The molecule has 0 aromatic carbocycles. The molecule has 0 fully saturated rings. The molecule has 4 heteroatoms. The number of nitrogens with zero attached hydrogens (tertiary/aromatic N) is 1. The summed E-state index contributed by atoms with van der Waals surface area (Å²) in [5.41, 5.74) is 1.58. The first-order chi connectivity index (χ1) is 8.16. The van der Waals surface area contributed by atoms with Crippen LogP contribution in [0.1, 0.15) is 35.7 Å². The second-order valence-corrected chi connectivity index (χ2v) is 8.02. The van der Waals surface area contributed by atoms with Crippen LogP contribution in [0, 0.1) is 2.88 Å². The van der Waals surface area contributed by atoms with Gasteiger partial charge in [0.2, 0.25) is 0 Å². The van der Waals surface area contributed by atoms with Crippen molar-refractivity contribution in [2.24, 2.45) is 0 Å². The van der Waals surface area contributed by atoms with Crippen molar-refractivity contribution in [3.63, 3.8) is 0 Å². The molecule has 1 heterocycles. The van der Waals surface area contributed by atoms with E-state index in [0.29, 0.717) is 6.04 Å². The maximum atomic E-state index is 3.72. The van der Waals surface area contributed by atoms with E-state index in [-0.39, 0.29) is 0 Å². The Kier molecular flexibility index (Phi) is 5.26. The van der Waals surface area contributed by atoms with Gasteiger partial charge in [0.25, 0.3) is 0 Å². The normalized spacial score (nSPS) is 19.6. The topological polar surface area (TPSA) is 15.3 Å². The van der Waals surface area contributed by atoms with Gasteiger partial charge in [0.15, 0.2) is 0 Å². The van der Waals surface area contributed by atoms with Gasteiger partial charge in [0, 0.05) is 10.9 Å². The highest BCUT2D eigenvalue weighted by Crippen LogP contribution is 2.36. The van der Waals surface area contributed by atoms with Gasteiger partial charge in [0.05, 0.1) is 2.88 Å². The Bertz CT molecular complexity index is 362. The van der Waals surface area contributed by atoms with Crippen molar-refractivity contribution >= 4 is 33.9 Å². The molecule has 17 heavy (non-hydrogen) atoms. The number of hydrogen-bond acceptors (Lipinski definition) is 3. The van der Waals surface area contributed by atoms with Crippen LogP contribution >= 0.6 is 33.9 Å². The van der Waals surface area contributed by atoms with Gasteiger partial charge in [-0.05, 0) is 87.1 Å². The van der Waals surface area contributed by atoms with Gasteiger partial charge >= 0.3 is 0 Å². The van der Waals surface area contributed by atoms with E-state index in [4.69, 9.17) is 0 Å². The highest BCUT2D eigenvalue weighted by atomic mass is 127. The Morgan fingerprint density at radius 1 is 1.53 bits per heavy atom. The van der Waals surface area contributed by atoms with Crippen LogP contribution in [-0.4, -0.2) is 32.1 Å². The van der Waals surface area contributed by atoms with Crippen molar-refractivity contribution < 1.29 is 0 Å². The molecule has 1 N–H and O–H groups in total. The van der Waals surface area contributed by atoms with Crippen LogP contribution in [0.4, 0.5) is 0 Å². The second-order valence-electron chi connectivity index (χ2n) is 4.98. The summed E-state index contributed by atoms with van der Waals surface area (Å²) in [5.74, 6) is 0. The third-order valence-electron chi connectivity index (χ3n) is 3.26. The SMILES string of the molecule is CN(C)CCCNC1CCCc2sc(I)cc21. The van der Waals surface area contributed by atoms with Crippen molar-refractivity contribution in [1.29, 1.82) is 0 Å². The monoisotopic (exact) mass is 364 g/mol. The first kappa shape index (κ1) is 13.8. The molecule has 0 bridgehead atoms. The van der Waals surface area contributed by atoms with Gasteiger partial charge in [-0.2, -0.15) is 0 Å². The lowest BCUT2D eigenvalue weighted by Crippen LogP contribution is -2.27. The second kappa shape index (κ2) is 6.50. The predicted octanol–water partition coefficient (Wildman–Crippen LogP) is 3.27. The predicted molar refractivity (Wildman–Crippen MR) is 83.9 cm³/mol. The molecule has 1 aliphatic rings. The molecule has 2 rings (SSSR count). The number of hydrogen-bond donors (Lipinski definition) is 1.